The number of ether oxygens (including phenoxy) is 1. The highest BCUT2D eigenvalue weighted by Crippen LogP contribution is 2.08. The van der Waals surface area contributed by atoms with Crippen molar-refractivity contribution >= 4 is 17.6 Å². The van der Waals surface area contributed by atoms with Gasteiger partial charge in [-0.15, -0.1) is 0 Å². The molecule has 7 nitrogen and oxygen atoms in total. The summed E-state index contributed by atoms with van der Waals surface area (Å²) in [5.74, 6) is 0.198. The van der Waals surface area contributed by atoms with Crippen molar-refractivity contribution in [1.29, 1.82) is 0 Å². The molecule has 0 spiro atoms. The Morgan fingerprint density at radius 1 is 1.12 bits per heavy atom. The van der Waals surface area contributed by atoms with E-state index < -0.39 is 12.1 Å². The third-order valence-electron chi connectivity index (χ3n) is 3.74. The monoisotopic (exact) mass is 356 g/mol. The average molecular weight is 356 g/mol. The molecule has 1 heterocycles. The molecule has 0 aliphatic rings. The lowest BCUT2D eigenvalue weighted by Crippen LogP contribution is -2.50. The minimum absolute atomic E-state index is 0.0643. The summed E-state index contributed by atoms with van der Waals surface area (Å²) in [5, 5.41) is 8.26. The topological polar surface area (TPSA) is 92.4 Å². The number of aromatic nitrogens is 1. The van der Waals surface area contributed by atoms with Gasteiger partial charge in [0.1, 0.15) is 6.04 Å². The maximum absolute atomic E-state index is 12.5. The standard InChI is InChI=1S/C19H24N4O3/c1-13(2)17(23-19(25)22-15-7-5-4-6-8-15)18(24)21-12-14-9-10-16(26-3)20-11-14/h4-11,13,17H,12H2,1-3H3,(H,21,24)(H2,22,23,25). The van der Waals surface area contributed by atoms with E-state index in [-0.39, 0.29) is 11.8 Å². The van der Waals surface area contributed by atoms with E-state index in [0.717, 1.165) is 5.56 Å². The molecule has 0 saturated carbocycles. The Balaban J connectivity index is 1.90. The summed E-state index contributed by atoms with van der Waals surface area (Å²) in [6, 6.07) is 11.6. The molecule has 2 rings (SSSR count). The fraction of sp³-hybridized carbons (Fsp3) is 0.316. The number of nitrogens with zero attached hydrogens (tertiary/aromatic N) is 1. The molecule has 1 atom stereocenters. The van der Waals surface area contributed by atoms with Gasteiger partial charge in [0.15, 0.2) is 0 Å². The van der Waals surface area contributed by atoms with Crippen molar-refractivity contribution in [1.82, 2.24) is 15.6 Å². The number of anilines is 1. The predicted molar refractivity (Wildman–Crippen MR) is 99.9 cm³/mol. The van der Waals surface area contributed by atoms with Gasteiger partial charge < -0.3 is 20.7 Å². The fourth-order valence-corrected chi connectivity index (χ4v) is 2.30. The summed E-state index contributed by atoms with van der Waals surface area (Å²) in [6.07, 6.45) is 1.64. The summed E-state index contributed by atoms with van der Waals surface area (Å²) >= 11 is 0. The fourth-order valence-electron chi connectivity index (χ4n) is 2.30. The number of methoxy groups -OCH3 is 1. The van der Waals surface area contributed by atoms with Crippen LogP contribution >= 0.6 is 0 Å². The van der Waals surface area contributed by atoms with E-state index in [2.05, 4.69) is 20.9 Å². The van der Waals surface area contributed by atoms with Gasteiger partial charge in [0.25, 0.3) is 0 Å². The molecule has 2 aromatic rings. The molecule has 0 fully saturated rings. The highest BCUT2D eigenvalue weighted by molar-refractivity contribution is 5.93. The molecule has 1 aromatic carbocycles. The van der Waals surface area contributed by atoms with Crippen LogP contribution in [0.3, 0.4) is 0 Å². The SMILES string of the molecule is COc1ccc(CNC(=O)C(NC(=O)Nc2ccccc2)C(C)C)cn1. The summed E-state index contributed by atoms with van der Waals surface area (Å²) in [5.41, 5.74) is 1.51. The summed E-state index contributed by atoms with van der Waals surface area (Å²) in [6.45, 7) is 4.07. The Bertz CT molecular complexity index is 717. The molecule has 26 heavy (non-hydrogen) atoms. The van der Waals surface area contributed by atoms with Gasteiger partial charge in [0.05, 0.1) is 7.11 Å². The lowest BCUT2D eigenvalue weighted by molar-refractivity contribution is -0.124. The maximum atomic E-state index is 12.5. The molecular weight excluding hydrogens is 332 g/mol. The van der Waals surface area contributed by atoms with Crippen molar-refractivity contribution in [3.05, 3.63) is 54.2 Å². The molecule has 0 saturated heterocycles. The second-order valence-electron chi connectivity index (χ2n) is 6.11. The van der Waals surface area contributed by atoms with Crippen LogP contribution in [0.15, 0.2) is 48.7 Å². The minimum Gasteiger partial charge on any atom is -0.481 e. The largest absolute Gasteiger partial charge is 0.481 e. The van der Waals surface area contributed by atoms with E-state index >= 15 is 0 Å². The molecule has 0 aliphatic carbocycles. The number of hydrogen-bond donors (Lipinski definition) is 3. The van der Waals surface area contributed by atoms with Gasteiger partial charge in [-0.05, 0) is 23.6 Å². The zero-order valence-corrected chi connectivity index (χ0v) is 15.2. The van der Waals surface area contributed by atoms with Crippen LogP contribution in [0.4, 0.5) is 10.5 Å². The van der Waals surface area contributed by atoms with Crippen LogP contribution in [0, 0.1) is 5.92 Å². The van der Waals surface area contributed by atoms with Gasteiger partial charge in [-0.1, -0.05) is 38.1 Å². The zero-order chi connectivity index (χ0) is 18.9. The average Bonchev–Trinajstić information content (AvgIpc) is 2.65. The number of carbonyl (C=O) groups excluding carboxylic acids is 2. The summed E-state index contributed by atoms with van der Waals surface area (Å²) < 4.78 is 5.00. The van der Waals surface area contributed by atoms with Gasteiger partial charge in [-0.3, -0.25) is 4.79 Å². The smallest absolute Gasteiger partial charge is 0.319 e. The van der Waals surface area contributed by atoms with E-state index in [1.54, 1.807) is 31.5 Å². The van der Waals surface area contributed by atoms with Crippen LogP contribution in [0.2, 0.25) is 0 Å². The zero-order valence-electron chi connectivity index (χ0n) is 15.2. The number of benzene rings is 1. The molecule has 0 aliphatic heterocycles. The van der Waals surface area contributed by atoms with Crippen LogP contribution in [-0.4, -0.2) is 30.1 Å². The van der Waals surface area contributed by atoms with Crippen molar-refractivity contribution in [3.63, 3.8) is 0 Å². The van der Waals surface area contributed by atoms with Crippen LogP contribution in [-0.2, 0) is 11.3 Å². The Kier molecular flexibility index (Phi) is 6.96. The first-order valence-electron chi connectivity index (χ1n) is 8.38. The third kappa shape index (κ3) is 5.77. The highest BCUT2D eigenvalue weighted by atomic mass is 16.5. The first-order chi connectivity index (χ1) is 12.5. The van der Waals surface area contributed by atoms with Gasteiger partial charge in [0, 0.05) is 24.5 Å². The third-order valence-corrected chi connectivity index (χ3v) is 3.74. The molecule has 3 amide bonds. The first kappa shape index (κ1) is 19.2. The minimum atomic E-state index is -0.648. The molecule has 7 heteroatoms. The Morgan fingerprint density at radius 3 is 2.42 bits per heavy atom. The number of para-hydroxylation sites is 1. The van der Waals surface area contributed by atoms with E-state index in [9.17, 15) is 9.59 Å². The molecule has 138 valence electrons. The van der Waals surface area contributed by atoms with E-state index in [1.807, 2.05) is 38.1 Å². The number of pyridine rings is 1. The lowest BCUT2D eigenvalue weighted by atomic mass is 10.0. The summed E-state index contributed by atoms with van der Waals surface area (Å²) in [7, 11) is 1.54. The second-order valence-corrected chi connectivity index (χ2v) is 6.11. The quantitative estimate of drug-likeness (QED) is 0.711. The van der Waals surface area contributed by atoms with Crippen molar-refractivity contribution < 1.29 is 14.3 Å². The number of nitrogens with one attached hydrogen (secondary N) is 3. The van der Waals surface area contributed by atoms with Crippen molar-refractivity contribution in [2.75, 3.05) is 12.4 Å². The van der Waals surface area contributed by atoms with Gasteiger partial charge in [-0.2, -0.15) is 0 Å². The number of amides is 3. The Labute approximate surface area is 153 Å². The van der Waals surface area contributed by atoms with E-state index in [4.69, 9.17) is 4.74 Å². The van der Waals surface area contributed by atoms with Gasteiger partial charge in [0.2, 0.25) is 11.8 Å². The van der Waals surface area contributed by atoms with Gasteiger partial charge >= 0.3 is 6.03 Å². The molecule has 0 radical (unpaired) electrons. The number of carbonyl (C=O) groups is 2. The maximum Gasteiger partial charge on any atom is 0.319 e. The molecule has 0 bridgehead atoms. The summed E-state index contributed by atoms with van der Waals surface area (Å²) in [4.78, 5) is 28.7. The molecule has 1 aromatic heterocycles. The van der Waals surface area contributed by atoms with Crippen molar-refractivity contribution in [2.24, 2.45) is 5.92 Å². The molecular formula is C19H24N4O3. The van der Waals surface area contributed by atoms with E-state index in [1.165, 1.54) is 0 Å². The van der Waals surface area contributed by atoms with E-state index in [0.29, 0.717) is 18.1 Å². The van der Waals surface area contributed by atoms with Crippen LogP contribution in [0.1, 0.15) is 19.4 Å². The predicted octanol–water partition coefficient (Wildman–Crippen LogP) is 2.55. The molecule has 1 unspecified atom stereocenters. The first-order valence-corrected chi connectivity index (χ1v) is 8.38. The second kappa shape index (κ2) is 9.41. The van der Waals surface area contributed by atoms with Crippen molar-refractivity contribution in [2.45, 2.75) is 26.4 Å². The van der Waals surface area contributed by atoms with Gasteiger partial charge in [-0.25, -0.2) is 9.78 Å². The lowest BCUT2D eigenvalue weighted by Gasteiger charge is -2.22. The number of rotatable bonds is 7. The van der Waals surface area contributed by atoms with Crippen molar-refractivity contribution in [3.8, 4) is 5.88 Å². The normalized spacial score (nSPS) is 11.5. The number of urea groups is 1. The van der Waals surface area contributed by atoms with Crippen LogP contribution in [0.25, 0.3) is 0 Å². The Hall–Kier alpha value is -3.09. The van der Waals surface area contributed by atoms with Crippen LogP contribution in [0.5, 0.6) is 5.88 Å². The number of hydrogen-bond acceptors (Lipinski definition) is 4. The Morgan fingerprint density at radius 2 is 1.85 bits per heavy atom. The molecule has 3 N–H and O–H groups in total. The highest BCUT2D eigenvalue weighted by Gasteiger charge is 2.24. The van der Waals surface area contributed by atoms with Crippen LogP contribution < -0.4 is 20.7 Å².